The molecular formula is C12H15N3O. The number of likely N-dealkylation sites (tertiary alicyclic amines) is 1. The monoisotopic (exact) mass is 217 g/mol. The van der Waals surface area contributed by atoms with E-state index in [0.29, 0.717) is 5.41 Å². The van der Waals surface area contributed by atoms with E-state index in [1.807, 2.05) is 17.2 Å². The van der Waals surface area contributed by atoms with Gasteiger partial charge in [0.05, 0.1) is 11.9 Å². The van der Waals surface area contributed by atoms with Crippen LogP contribution in [0.15, 0.2) is 24.5 Å². The number of nitrogens with zero attached hydrogens (tertiary/aromatic N) is 3. The van der Waals surface area contributed by atoms with Gasteiger partial charge in [-0.3, -0.25) is 9.78 Å². The molecule has 1 aromatic heterocycles. The van der Waals surface area contributed by atoms with Gasteiger partial charge < -0.3 is 9.80 Å². The van der Waals surface area contributed by atoms with Crippen LogP contribution in [0.2, 0.25) is 0 Å². The standard InChI is InChI=1S/C12H15N3O/c1-10(16)14-6-12(7-14)8-15(9-12)11-3-2-4-13-5-11/h2-5H,6-9H2,1H3. The highest BCUT2D eigenvalue weighted by Crippen LogP contribution is 2.41. The molecule has 2 aliphatic rings. The van der Waals surface area contributed by atoms with Crippen molar-refractivity contribution in [3.8, 4) is 0 Å². The van der Waals surface area contributed by atoms with E-state index in [1.165, 1.54) is 5.69 Å². The van der Waals surface area contributed by atoms with E-state index >= 15 is 0 Å². The molecule has 3 rings (SSSR count). The van der Waals surface area contributed by atoms with E-state index in [4.69, 9.17) is 0 Å². The summed E-state index contributed by atoms with van der Waals surface area (Å²) in [7, 11) is 0. The molecule has 2 aliphatic heterocycles. The van der Waals surface area contributed by atoms with Crippen LogP contribution in [0, 0.1) is 5.41 Å². The molecule has 3 heterocycles. The fraction of sp³-hybridized carbons (Fsp3) is 0.500. The summed E-state index contributed by atoms with van der Waals surface area (Å²) in [4.78, 5) is 19.5. The van der Waals surface area contributed by atoms with Crippen LogP contribution in [-0.2, 0) is 4.79 Å². The Labute approximate surface area is 94.9 Å². The van der Waals surface area contributed by atoms with Crippen molar-refractivity contribution in [1.29, 1.82) is 0 Å². The molecule has 0 atom stereocenters. The summed E-state index contributed by atoms with van der Waals surface area (Å²) in [6.45, 7) is 5.62. The average molecular weight is 217 g/mol. The van der Waals surface area contributed by atoms with Gasteiger partial charge in [0.2, 0.25) is 5.91 Å². The Morgan fingerprint density at radius 1 is 1.38 bits per heavy atom. The van der Waals surface area contributed by atoms with Gasteiger partial charge in [-0.25, -0.2) is 0 Å². The van der Waals surface area contributed by atoms with Crippen LogP contribution < -0.4 is 4.90 Å². The maximum atomic E-state index is 11.1. The van der Waals surface area contributed by atoms with Crippen molar-refractivity contribution in [2.75, 3.05) is 31.1 Å². The van der Waals surface area contributed by atoms with Crippen molar-refractivity contribution in [2.45, 2.75) is 6.92 Å². The van der Waals surface area contributed by atoms with E-state index in [2.05, 4.69) is 16.0 Å². The number of hydrogen-bond acceptors (Lipinski definition) is 3. The Morgan fingerprint density at radius 3 is 2.69 bits per heavy atom. The van der Waals surface area contributed by atoms with Gasteiger partial charge in [-0.1, -0.05) is 0 Å². The molecule has 0 radical (unpaired) electrons. The third-order valence-corrected chi connectivity index (χ3v) is 3.56. The van der Waals surface area contributed by atoms with Gasteiger partial charge in [-0.05, 0) is 12.1 Å². The van der Waals surface area contributed by atoms with E-state index in [9.17, 15) is 4.79 Å². The zero-order valence-electron chi connectivity index (χ0n) is 9.39. The number of carbonyl (C=O) groups excluding carboxylic acids is 1. The van der Waals surface area contributed by atoms with Gasteiger partial charge in [-0.2, -0.15) is 0 Å². The number of carbonyl (C=O) groups is 1. The minimum Gasteiger partial charge on any atom is -0.369 e. The summed E-state index contributed by atoms with van der Waals surface area (Å²) in [5.41, 5.74) is 1.57. The summed E-state index contributed by atoms with van der Waals surface area (Å²) in [6.07, 6.45) is 3.69. The number of pyridine rings is 1. The Bertz CT molecular complexity index is 404. The van der Waals surface area contributed by atoms with Gasteiger partial charge in [0.25, 0.3) is 0 Å². The molecule has 2 saturated heterocycles. The Kier molecular flexibility index (Phi) is 1.93. The number of anilines is 1. The predicted octanol–water partition coefficient (Wildman–Crippen LogP) is 0.750. The van der Waals surface area contributed by atoms with E-state index < -0.39 is 0 Å². The Hall–Kier alpha value is -1.58. The quantitative estimate of drug-likeness (QED) is 0.696. The molecule has 1 aromatic rings. The van der Waals surface area contributed by atoms with Crippen LogP contribution >= 0.6 is 0 Å². The van der Waals surface area contributed by atoms with Crippen LogP contribution in [0.4, 0.5) is 5.69 Å². The highest BCUT2D eigenvalue weighted by atomic mass is 16.2. The number of rotatable bonds is 1. The Morgan fingerprint density at radius 2 is 2.12 bits per heavy atom. The van der Waals surface area contributed by atoms with Gasteiger partial charge in [0, 0.05) is 44.7 Å². The lowest BCUT2D eigenvalue weighted by Crippen LogP contribution is -2.72. The van der Waals surface area contributed by atoms with Gasteiger partial charge in [0.1, 0.15) is 0 Å². The van der Waals surface area contributed by atoms with Crippen molar-refractivity contribution in [2.24, 2.45) is 5.41 Å². The first kappa shape index (κ1) is 9.63. The summed E-state index contributed by atoms with van der Waals surface area (Å²) in [5, 5.41) is 0. The van der Waals surface area contributed by atoms with Crippen molar-refractivity contribution in [3.05, 3.63) is 24.5 Å². The lowest BCUT2D eigenvalue weighted by Gasteiger charge is -2.60. The summed E-state index contributed by atoms with van der Waals surface area (Å²) in [5.74, 6) is 0.199. The zero-order chi connectivity index (χ0) is 11.2. The first-order chi connectivity index (χ1) is 7.69. The maximum absolute atomic E-state index is 11.1. The highest BCUT2D eigenvalue weighted by Gasteiger charge is 2.52. The second-order valence-electron chi connectivity index (χ2n) is 4.94. The molecule has 0 aromatic carbocycles. The van der Waals surface area contributed by atoms with E-state index in [0.717, 1.165) is 26.2 Å². The summed E-state index contributed by atoms with van der Waals surface area (Å²) < 4.78 is 0. The van der Waals surface area contributed by atoms with E-state index in [-0.39, 0.29) is 5.91 Å². The van der Waals surface area contributed by atoms with Crippen molar-refractivity contribution in [1.82, 2.24) is 9.88 Å². The molecule has 4 nitrogen and oxygen atoms in total. The van der Waals surface area contributed by atoms with Crippen molar-refractivity contribution < 1.29 is 4.79 Å². The average Bonchev–Trinajstić information content (AvgIpc) is 2.14. The number of amides is 1. The SMILES string of the molecule is CC(=O)N1CC2(C1)CN(c1cccnc1)C2. The molecule has 2 fully saturated rings. The van der Waals surface area contributed by atoms with Crippen LogP contribution in [-0.4, -0.2) is 42.0 Å². The summed E-state index contributed by atoms with van der Waals surface area (Å²) in [6, 6.07) is 4.05. The second-order valence-corrected chi connectivity index (χ2v) is 4.94. The third kappa shape index (κ3) is 1.37. The molecule has 0 aliphatic carbocycles. The molecule has 0 bridgehead atoms. The molecule has 84 valence electrons. The smallest absolute Gasteiger partial charge is 0.219 e. The zero-order valence-corrected chi connectivity index (χ0v) is 9.39. The minimum absolute atomic E-state index is 0.199. The minimum atomic E-state index is 0.199. The van der Waals surface area contributed by atoms with Gasteiger partial charge >= 0.3 is 0 Å². The predicted molar refractivity (Wildman–Crippen MR) is 61.1 cm³/mol. The van der Waals surface area contributed by atoms with Crippen LogP contribution in [0.1, 0.15) is 6.92 Å². The fourth-order valence-corrected chi connectivity index (χ4v) is 2.67. The largest absolute Gasteiger partial charge is 0.369 e. The maximum Gasteiger partial charge on any atom is 0.219 e. The third-order valence-electron chi connectivity index (χ3n) is 3.56. The van der Waals surface area contributed by atoms with Gasteiger partial charge in [0.15, 0.2) is 0 Å². The molecule has 4 heteroatoms. The van der Waals surface area contributed by atoms with Crippen molar-refractivity contribution in [3.63, 3.8) is 0 Å². The molecule has 16 heavy (non-hydrogen) atoms. The summed E-state index contributed by atoms with van der Waals surface area (Å²) >= 11 is 0. The van der Waals surface area contributed by atoms with Crippen molar-refractivity contribution >= 4 is 11.6 Å². The Balaban J connectivity index is 1.59. The number of hydrogen-bond donors (Lipinski definition) is 0. The van der Waals surface area contributed by atoms with Gasteiger partial charge in [-0.15, -0.1) is 0 Å². The fourth-order valence-electron chi connectivity index (χ4n) is 2.67. The molecule has 1 spiro atoms. The molecule has 0 unspecified atom stereocenters. The first-order valence-electron chi connectivity index (χ1n) is 5.59. The lowest BCUT2D eigenvalue weighted by molar-refractivity contribution is -0.142. The topological polar surface area (TPSA) is 36.4 Å². The first-order valence-corrected chi connectivity index (χ1v) is 5.59. The lowest BCUT2D eigenvalue weighted by atomic mass is 9.72. The molecule has 0 N–H and O–H groups in total. The molecule has 0 saturated carbocycles. The van der Waals surface area contributed by atoms with E-state index in [1.54, 1.807) is 13.1 Å². The highest BCUT2D eigenvalue weighted by molar-refractivity contribution is 5.74. The normalized spacial score (nSPS) is 21.6. The van der Waals surface area contributed by atoms with Crippen LogP contribution in [0.3, 0.4) is 0 Å². The molecular weight excluding hydrogens is 202 g/mol. The number of aromatic nitrogens is 1. The van der Waals surface area contributed by atoms with Crippen LogP contribution in [0.25, 0.3) is 0 Å². The van der Waals surface area contributed by atoms with Crippen LogP contribution in [0.5, 0.6) is 0 Å². The molecule has 1 amide bonds. The second kappa shape index (κ2) is 3.20.